The van der Waals surface area contributed by atoms with Gasteiger partial charge in [0.05, 0.1) is 6.26 Å². The van der Waals surface area contributed by atoms with Crippen LogP contribution in [0.3, 0.4) is 0 Å². The average Bonchev–Trinajstić information content (AvgIpc) is 3.13. The number of rotatable bonds is 8. The number of furan rings is 1. The number of carbonyl (C=O) groups excluding carboxylic acids is 3. The molecule has 7 heteroatoms. The van der Waals surface area contributed by atoms with Gasteiger partial charge in [0.25, 0.3) is 0 Å². The smallest absolute Gasteiger partial charge is 0.244 e. The van der Waals surface area contributed by atoms with Crippen LogP contribution in [0.2, 0.25) is 0 Å². The predicted octanol–water partition coefficient (Wildman–Crippen LogP) is 1.01. The fraction of sp³-hybridized carbons (Fsp3) is 0.211. The van der Waals surface area contributed by atoms with E-state index in [1.807, 2.05) is 30.3 Å². The molecule has 2 rings (SSSR count). The highest BCUT2D eigenvalue weighted by atomic mass is 16.3. The van der Waals surface area contributed by atoms with Crippen molar-refractivity contribution in [1.29, 1.82) is 0 Å². The lowest BCUT2D eigenvalue weighted by Gasteiger charge is -2.19. The molecule has 1 heterocycles. The Bertz CT molecular complexity index is 769. The Labute approximate surface area is 151 Å². The van der Waals surface area contributed by atoms with Crippen LogP contribution in [0.1, 0.15) is 18.2 Å². The van der Waals surface area contributed by atoms with Gasteiger partial charge in [-0.1, -0.05) is 30.3 Å². The third-order valence-corrected chi connectivity index (χ3v) is 3.64. The first-order chi connectivity index (χ1) is 12.5. The molecule has 0 fully saturated rings. The number of hydrogen-bond acceptors (Lipinski definition) is 4. The molecule has 0 spiro atoms. The fourth-order valence-electron chi connectivity index (χ4n) is 2.24. The number of primary amides is 1. The van der Waals surface area contributed by atoms with Crippen molar-refractivity contribution in [2.45, 2.75) is 25.4 Å². The number of nitrogens with one attached hydrogen (secondary N) is 2. The van der Waals surface area contributed by atoms with Crippen LogP contribution in [-0.2, 0) is 20.8 Å². The highest BCUT2D eigenvalue weighted by molar-refractivity contribution is 5.96. The van der Waals surface area contributed by atoms with Crippen LogP contribution in [0.5, 0.6) is 0 Å². The standard InChI is InChI=1S/C19H21N3O4/c1-13(21-17(23)10-9-15-8-5-11-26-15)19(25)22-16(18(20)24)12-14-6-3-2-4-7-14/h2-11,13,16H,12H2,1H3,(H2,20,24)(H,21,23)(H,22,25)/b10-9-/t13-,16-/m0/s1. The lowest BCUT2D eigenvalue weighted by Crippen LogP contribution is -2.52. The predicted molar refractivity (Wildman–Crippen MR) is 96.6 cm³/mol. The molecule has 0 aliphatic heterocycles. The Balaban J connectivity index is 1.89. The average molecular weight is 355 g/mol. The van der Waals surface area contributed by atoms with E-state index in [4.69, 9.17) is 10.2 Å². The number of hydrogen-bond donors (Lipinski definition) is 3. The summed E-state index contributed by atoms with van der Waals surface area (Å²) in [6.07, 6.45) is 4.52. The first-order valence-electron chi connectivity index (χ1n) is 8.11. The summed E-state index contributed by atoms with van der Waals surface area (Å²) >= 11 is 0. The first kappa shape index (κ1) is 19.0. The quantitative estimate of drug-likeness (QED) is 0.613. The number of amides is 3. The first-order valence-corrected chi connectivity index (χ1v) is 8.11. The molecule has 0 aliphatic carbocycles. The zero-order chi connectivity index (χ0) is 18.9. The van der Waals surface area contributed by atoms with Crippen LogP contribution < -0.4 is 16.4 Å². The van der Waals surface area contributed by atoms with E-state index in [1.165, 1.54) is 25.3 Å². The molecule has 2 aromatic rings. The summed E-state index contributed by atoms with van der Waals surface area (Å²) in [5.41, 5.74) is 6.24. The Morgan fingerprint density at radius 2 is 1.85 bits per heavy atom. The van der Waals surface area contributed by atoms with Gasteiger partial charge in [-0.05, 0) is 30.7 Å². The van der Waals surface area contributed by atoms with Gasteiger partial charge in [0.1, 0.15) is 17.8 Å². The van der Waals surface area contributed by atoms with Crippen LogP contribution >= 0.6 is 0 Å². The zero-order valence-corrected chi connectivity index (χ0v) is 14.3. The topological polar surface area (TPSA) is 114 Å². The zero-order valence-electron chi connectivity index (χ0n) is 14.3. The summed E-state index contributed by atoms with van der Waals surface area (Å²) in [5.74, 6) is -1.07. The second-order valence-electron chi connectivity index (χ2n) is 5.73. The van der Waals surface area contributed by atoms with Crippen molar-refractivity contribution in [3.05, 3.63) is 66.1 Å². The van der Waals surface area contributed by atoms with Crippen molar-refractivity contribution < 1.29 is 18.8 Å². The van der Waals surface area contributed by atoms with Crippen LogP contribution in [-0.4, -0.2) is 29.8 Å². The van der Waals surface area contributed by atoms with Gasteiger partial charge in [0.2, 0.25) is 17.7 Å². The third-order valence-electron chi connectivity index (χ3n) is 3.64. The normalized spacial score (nSPS) is 13.1. The minimum Gasteiger partial charge on any atom is -0.465 e. The van der Waals surface area contributed by atoms with Gasteiger partial charge in [-0.3, -0.25) is 14.4 Å². The number of benzene rings is 1. The fourth-order valence-corrected chi connectivity index (χ4v) is 2.24. The van der Waals surface area contributed by atoms with Crippen LogP contribution in [0.4, 0.5) is 0 Å². The van der Waals surface area contributed by atoms with Crippen molar-refractivity contribution >= 4 is 23.8 Å². The monoisotopic (exact) mass is 355 g/mol. The van der Waals surface area contributed by atoms with E-state index < -0.39 is 29.8 Å². The molecule has 0 bridgehead atoms. The lowest BCUT2D eigenvalue weighted by atomic mass is 10.1. The molecule has 0 unspecified atom stereocenters. The van der Waals surface area contributed by atoms with Crippen molar-refractivity contribution in [3.63, 3.8) is 0 Å². The largest absolute Gasteiger partial charge is 0.465 e. The van der Waals surface area contributed by atoms with Crippen molar-refractivity contribution in [2.24, 2.45) is 5.73 Å². The molecule has 0 saturated carbocycles. The molecule has 1 aromatic carbocycles. The molecule has 0 radical (unpaired) electrons. The molecule has 4 N–H and O–H groups in total. The van der Waals surface area contributed by atoms with Gasteiger partial charge < -0.3 is 20.8 Å². The van der Waals surface area contributed by atoms with Gasteiger partial charge in [-0.15, -0.1) is 0 Å². The van der Waals surface area contributed by atoms with E-state index in [2.05, 4.69) is 10.6 Å². The maximum absolute atomic E-state index is 12.2. The summed E-state index contributed by atoms with van der Waals surface area (Å²) in [6.45, 7) is 1.52. The van der Waals surface area contributed by atoms with E-state index in [-0.39, 0.29) is 6.42 Å². The molecule has 136 valence electrons. The van der Waals surface area contributed by atoms with Crippen molar-refractivity contribution in [1.82, 2.24) is 10.6 Å². The molecule has 0 saturated heterocycles. The van der Waals surface area contributed by atoms with E-state index in [1.54, 1.807) is 12.1 Å². The maximum Gasteiger partial charge on any atom is 0.244 e. The summed E-state index contributed by atoms with van der Waals surface area (Å²) in [4.78, 5) is 35.7. The Morgan fingerprint density at radius 3 is 2.46 bits per heavy atom. The highest BCUT2D eigenvalue weighted by Gasteiger charge is 2.22. The van der Waals surface area contributed by atoms with Crippen LogP contribution in [0, 0.1) is 0 Å². The molecule has 0 aliphatic rings. The summed E-state index contributed by atoms with van der Waals surface area (Å²) in [7, 11) is 0. The molecule has 1 aromatic heterocycles. The van der Waals surface area contributed by atoms with Crippen molar-refractivity contribution in [2.75, 3.05) is 0 Å². The SMILES string of the molecule is C[C@H](NC(=O)/C=C\c1ccco1)C(=O)N[C@@H](Cc1ccccc1)C(N)=O. The Hall–Kier alpha value is -3.35. The molecule has 2 atom stereocenters. The van der Waals surface area contributed by atoms with E-state index in [0.717, 1.165) is 5.56 Å². The highest BCUT2D eigenvalue weighted by Crippen LogP contribution is 2.04. The molecule has 26 heavy (non-hydrogen) atoms. The van der Waals surface area contributed by atoms with Gasteiger partial charge in [-0.25, -0.2) is 0 Å². The Kier molecular flexibility index (Phi) is 6.73. The Morgan fingerprint density at radius 1 is 1.12 bits per heavy atom. The minimum atomic E-state index is -0.858. The second kappa shape index (κ2) is 9.22. The molecule has 3 amide bonds. The van der Waals surface area contributed by atoms with Gasteiger partial charge in [0.15, 0.2) is 0 Å². The summed E-state index contributed by atoms with van der Waals surface area (Å²) in [5, 5.41) is 5.09. The van der Waals surface area contributed by atoms with Gasteiger partial charge >= 0.3 is 0 Å². The third kappa shape index (κ3) is 5.94. The summed E-state index contributed by atoms with van der Waals surface area (Å²) in [6, 6.07) is 10.9. The molecule has 7 nitrogen and oxygen atoms in total. The molecular weight excluding hydrogens is 334 g/mol. The van der Waals surface area contributed by atoms with E-state index in [9.17, 15) is 14.4 Å². The maximum atomic E-state index is 12.2. The van der Waals surface area contributed by atoms with Gasteiger partial charge in [-0.2, -0.15) is 0 Å². The van der Waals surface area contributed by atoms with Gasteiger partial charge in [0, 0.05) is 12.5 Å². The van der Waals surface area contributed by atoms with E-state index in [0.29, 0.717) is 5.76 Å². The van der Waals surface area contributed by atoms with E-state index >= 15 is 0 Å². The summed E-state index contributed by atoms with van der Waals surface area (Å²) < 4.78 is 5.07. The van der Waals surface area contributed by atoms with Crippen molar-refractivity contribution in [3.8, 4) is 0 Å². The minimum absolute atomic E-state index is 0.279. The molecular formula is C19H21N3O4. The number of carbonyl (C=O) groups is 3. The second-order valence-corrected chi connectivity index (χ2v) is 5.73. The number of nitrogens with two attached hydrogens (primary N) is 1. The van der Waals surface area contributed by atoms with Crippen LogP contribution in [0.25, 0.3) is 6.08 Å². The van der Waals surface area contributed by atoms with Crippen LogP contribution in [0.15, 0.2) is 59.2 Å². The lowest BCUT2D eigenvalue weighted by molar-refractivity contribution is -0.130.